The molecule has 0 bridgehead atoms. The summed E-state index contributed by atoms with van der Waals surface area (Å²) in [4.78, 5) is 63.3. The number of carbonyl (C=O) groups is 4. The summed E-state index contributed by atoms with van der Waals surface area (Å²) in [5.41, 5.74) is -0.659. The molecular weight excluding hydrogens is 663 g/mol. The highest BCUT2D eigenvalue weighted by Crippen LogP contribution is 2.43. The van der Waals surface area contributed by atoms with Crippen molar-refractivity contribution >= 4 is 52.2 Å². The molecule has 4 amide bonds. The number of pyridine rings is 2. The van der Waals surface area contributed by atoms with E-state index in [1.165, 1.54) is 23.4 Å². The molecule has 4 heterocycles. The topological polar surface area (TPSA) is 162 Å². The molecule has 3 aliphatic rings. The second-order valence-electron chi connectivity index (χ2n) is 15.0. The van der Waals surface area contributed by atoms with Crippen LogP contribution in [0.15, 0.2) is 24.5 Å². The summed E-state index contributed by atoms with van der Waals surface area (Å²) in [7, 11) is 0. The molecule has 51 heavy (non-hydrogen) atoms. The van der Waals surface area contributed by atoms with E-state index in [0.717, 1.165) is 19.5 Å². The Balaban J connectivity index is 1.32. The molecule has 3 aromatic rings. The Morgan fingerprint density at radius 2 is 1.61 bits per heavy atom. The van der Waals surface area contributed by atoms with Crippen LogP contribution in [0, 0.1) is 18.7 Å². The highest BCUT2D eigenvalue weighted by atomic mass is 19.1. The number of likely N-dealkylation sites (tertiary alicyclic amines) is 1. The van der Waals surface area contributed by atoms with Crippen molar-refractivity contribution in [2.45, 2.75) is 85.0 Å². The number of amides is 4. The van der Waals surface area contributed by atoms with E-state index in [9.17, 15) is 19.2 Å². The smallest absolute Gasteiger partial charge is 0.415 e. The minimum atomic E-state index is -0.887. The van der Waals surface area contributed by atoms with Crippen LogP contribution in [0.1, 0.15) is 66.4 Å². The van der Waals surface area contributed by atoms with E-state index in [1.54, 1.807) is 54.5 Å². The number of benzene rings is 1. The van der Waals surface area contributed by atoms with Gasteiger partial charge in [0.2, 0.25) is 11.8 Å². The largest absolute Gasteiger partial charge is 0.474 e. The quantitative estimate of drug-likeness (QED) is 0.271. The Labute approximate surface area is 295 Å². The number of nitrogens with zero attached hydrogens (tertiary/aromatic N) is 4. The van der Waals surface area contributed by atoms with Crippen LogP contribution in [-0.4, -0.2) is 82.6 Å². The lowest BCUT2D eigenvalue weighted by Crippen LogP contribution is -2.50. The van der Waals surface area contributed by atoms with Crippen LogP contribution in [0.4, 0.5) is 36.0 Å². The number of ether oxygens (including phenoxy) is 4. The van der Waals surface area contributed by atoms with Crippen molar-refractivity contribution in [2.24, 2.45) is 5.92 Å². The Morgan fingerprint density at radius 1 is 0.902 bits per heavy atom. The zero-order valence-corrected chi connectivity index (χ0v) is 29.8. The molecule has 0 atom stereocenters. The molecule has 14 nitrogen and oxygen atoms in total. The van der Waals surface area contributed by atoms with Crippen LogP contribution < -0.4 is 20.3 Å². The number of rotatable bonds is 5. The van der Waals surface area contributed by atoms with E-state index in [0.29, 0.717) is 35.0 Å². The summed E-state index contributed by atoms with van der Waals surface area (Å²) in [6, 6.07) is 3.06. The number of anilines is 3. The van der Waals surface area contributed by atoms with E-state index >= 15 is 4.39 Å². The predicted molar refractivity (Wildman–Crippen MR) is 186 cm³/mol. The highest BCUT2D eigenvalue weighted by Gasteiger charge is 2.40. The van der Waals surface area contributed by atoms with Gasteiger partial charge in [0, 0.05) is 47.9 Å². The molecule has 15 heteroatoms. The number of hydrogen-bond donors (Lipinski definition) is 2. The number of carbonyl (C=O) groups excluding carboxylic acids is 4. The van der Waals surface area contributed by atoms with E-state index in [1.807, 2.05) is 4.90 Å². The Bertz CT molecular complexity index is 1900. The van der Waals surface area contributed by atoms with Crippen molar-refractivity contribution < 1.29 is 42.5 Å². The normalized spacial score (nSPS) is 18.4. The zero-order chi connectivity index (χ0) is 36.8. The third-order valence-electron chi connectivity index (χ3n) is 8.70. The van der Waals surface area contributed by atoms with Crippen molar-refractivity contribution in [1.29, 1.82) is 0 Å². The minimum Gasteiger partial charge on any atom is -0.474 e. The van der Waals surface area contributed by atoms with Gasteiger partial charge in [0.15, 0.2) is 5.82 Å². The summed E-state index contributed by atoms with van der Waals surface area (Å²) in [5, 5.41) is 5.79. The van der Waals surface area contributed by atoms with Crippen LogP contribution in [0.25, 0.3) is 21.9 Å². The van der Waals surface area contributed by atoms with E-state index in [2.05, 4.69) is 20.6 Å². The first kappa shape index (κ1) is 35.6. The van der Waals surface area contributed by atoms with Gasteiger partial charge in [-0.3, -0.25) is 20.3 Å². The van der Waals surface area contributed by atoms with Gasteiger partial charge in [0.1, 0.15) is 35.4 Å². The molecule has 1 aromatic carbocycles. The molecule has 0 radical (unpaired) electrons. The molecule has 2 fully saturated rings. The minimum absolute atomic E-state index is 0.0446. The van der Waals surface area contributed by atoms with Crippen LogP contribution in [0.3, 0.4) is 0 Å². The molecular formula is C36H43FN6O8. The van der Waals surface area contributed by atoms with Gasteiger partial charge in [0.05, 0.1) is 12.2 Å². The molecule has 0 unspecified atom stereocenters. The molecule has 2 N–H and O–H groups in total. The SMILES string of the molecule is Cc1c(-c2cc3cc(NC(=O)O[C@H]4C[C@@H](C(=O)N5CCC5)C4)ncc3c(NC(=O)OC(C)(C)C)c2F)cnc2c1N(C(=O)OC(C)(C)C)CCO2. The molecule has 1 saturated carbocycles. The van der Waals surface area contributed by atoms with Gasteiger partial charge in [-0.2, -0.15) is 0 Å². The van der Waals surface area contributed by atoms with Crippen LogP contribution >= 0.6 is 0 Å². The van der Waals surface area contributed by atoms with Gasteiger partial charge in [-0.1, -0.05) is 0 Å². The first-order valence-corrected chi connectivity index (χ1v) is 17.0. The van der Waals surface area contributed by atoms with Gasteiger partial charge in [-0.05, 0) is 90.8 Å². The van der Waals surface area contributed by atoms with Crippen molar-refractivity contribution in [3.8, 4) is 17.0 Å². The van der Waals surface area contributed by atoms with Crippen molar-refractivity contribution in [3.63, 3.8) is 0 Å². The molecule has 1 aliphatic carbocycles. The van der Waals surface area contributed by atoms with Gasteiger partial charge < -0.3 is 23.8 Å². The van der Waals surface area contributed by atoms with Gasteiger partial charge in [-0.15, -0.1) is 0 Å². The average molecular weight is 707 g/mol. The van der Waals surface area contributed by atoms with E-state index in [4.69, 9.17) is 18.9 Å². The van der Waals surface area contributed by atoms with Gasteiger partial charge in [-0.25, -0.2) is 28.7 Å². The van der Waals surface area contributed by atoms with Crippen molar-refractivity contribution in [3.05, 3.63) is 35.9 Å². The second kappa shape index (κ2) is 13.5. The maximum Gasteiger partial charge on any atom is 0.415 e. The summed E-state index contributed by atoms with van der Waals surface area (Å²) in [6.45, 7) is 14.0. The standard InChI is InChI=1S/C36H43FN6O8/c1-19-24(17-39-30-29(19)43(11-12-48-30)34(47)51-36(5,6)7)23-15-20-16-26(38-18-25(20)28(27(23)37)41-33(46)50-35(2,3)4)40-32(45)49-22-13-21(14-22)31(44)42-9-8-10-42/h15-18,21-22H,8-14H2,1-7H3,(H,41,46)(H,38,40,45)/t21-,22+. The summed E-state index contributed by atoms with van der Waals surface area (Å²) >= 11 is 0. The van der Waals surface area contributed by atoms with Crippen LogP contribution in [-0.2, 0) is 19.0 Å². The van der Waals surface area contributed by atoms with E-state index < -0.39 is 41.4 Å². The average Bonchev–Trinajstić information content (AvgIpc) is 2.97. The molecule has 0 spiro atoms. The zero-order valence-electron chi connectivity index (χ0n) is 29.8. The van der Waals surface area contributed by atoms with Crippen molar-refractivity contribution in [2.75, 3.05) is 41.8 Å². The third-order valence-corrected chi connectivity index (χ3v) is 8.70. The van der Waals surface area contributed by atoms with E-state index in [-0.39, 0.29) is 53.3 Å². The lowest BCUT2D eigenvalue weighted by atomic mass is 9.81. The number of halogens is 1. The number of hydrogen-bond acceptors (Lipinski definition) is 10. The maximum atomic E-state index is 16.7. The fraction of sp³-hybridized carbons (Fsp3) is 0.500. The number of aromatic nitrogens is 2. The first-order valence-electron chi connectivity index (χ1n) is 17.0. The second-order valence-corrected chi connectivity index (χ2v) is 15.0. The Hall–Kier alpha value is -5.21. The molecule has 2 aliphatic heterocycles. The fourth-order valence-electron chi connectivity index (χ4n) is 6.12. The number of nitrogens with one attached hydrogen (secondary N) is 2. The lowest BCUT2D eigenvalue weighted by Gasteiger charge is -2.40. The highest BCUT2D eigenvalue weighted by molar-refractivity contribution is 6.05. The van der Waals surface area contributed by atoms with Gasteiger partial charge in [0.25, 0.3) is 0 Å². The van der Waals surface area contributed by atoms with Crippen LogP contribution in [0.5, 0.6) is 5.88 Å². The van der Waals surface area contributed by atoms with Gasteiger partial charge >= 0.3 is 18.3 Å². The maximum absolute atomic E-state index is 16.7. The first-order chi connectivity index (χ1) is 24.0. The summed E-state index contributed by atoms with van der Waals surface area (Å²) < 4.78 is 39.0. The summed E-state index contributed by atoms with van der Waals surface area (Å²) in [5.74, 6) is -0.529. The molecule has 6 rings (SSSR count). The molecule has 2 aromatic heterocycles. The Morgan fingerprint density at radius 3 is 2.25 bits per heavy atom. The summed E-state index contributed by atoms with van der Waals surface area (Å²) in [6.07, 6.45) is 2.06. The molecule has 272 valence electrons. The van der Waals surface area contributed by atoms with Crippen molar-refractivity contribution in [1.82, 2.24) is 14.9 Å². The number of fused-ring (bicyclic) bond motifs is 2. The predicted octanol–water partition coefficient (Wildman–Crippen LogP) is 6.78. The third kappa shape index (κ3) is 7.76. The lowest BCUT2D eigenvalue weighted by molar-refractivity contribution is -0.145. The van der Waals surface area contributed by atoms with Crippen LogP contribution in [0.2, 0.25) is 0 Å². The molecule has 1 saturated heterocycles. The monoisotopic (exact) mass is 706 g/mol. The Kier molecular flexibility index (Phi) is 9.42. The fourth-order valence-corrected chi connectivity index (χ4v) is 6.12.